The van der Waals surface area contributed by atoms with Gasteiger partial charge >= 0.3 is 0 Å². The number of hydrogen-bond donors (Lipinski definition) is 1. The molecular weight excluding hydrogens is 180 g/mol. The fourth-order valence-corrected chi connectivity index (χ4v) is 1.13. The van der Waals surface area contributed by atoms with E-state index in [9.17, 15) is 4.79 Å². The third kappa shape index (κ3) is 3.20. The summed E-state index contributed by atoms with van der Waals surface area (Å²) in [6.45, 7) is 6.37. The molecule has 1 amide bonds. The van der Waals surface area contributed by atoms with E-state index >= 15 is 0 Å². The maximum absolute atomic E-state index is 11.3. The third-order valence-electron chi connectivity index (χ3n) is 1.92. The van der Waals surface area contributed by atoms with Crippen LogP contribution < -0.4 is 5.32 Å². The van der Waals surface area contributed by atoms with Crippen molar-refractivity contribution in [3.63, 3.8) is 0 Å². The number of aromatic nitrogens is 1. The van der Waals surface area contributed by atoms with E-state index in [0.717, 1.165) is 11.3 Å². The predicted octanol–water partition coefficient (Wildman–Crippen LogP) is 1.65. The van der Waals surface area contributed by atoms with Gasteiger partial charge in [-0.15, -0.1) is 0 Å². The van der Waals surface area contributed by atoms with Crippen molar-refractivity contribution in [1.29, 1.82) is 0 Å². The van der Waals surface area contributed by atoms with Crippen LogP contribution in [0, 0.1) is 12.8 Å². The SMILES string of the molecule is Cc1oncc1CNC(=O)CC(C)C. The Hall–Kier alpha value is -1.32. The van der Waals surface area contributed by atoms with Crippen molar-refractivity contribution in [2.75, 3.05) is 0 Å². The Morgan fingerprint density at radius 3 is 2.86 bits per heavy atom. The molecule has 1 N–H and O–H groups in total. The summed E-state index contributed by atoms with van der Waals surface area (Å²) < 4.78 is 4.88. The van der Waals surface area contributed by atoms with Gasteiger partial charge in [-0.25, -0.2) is 0 Å². The molecule has 78 valence electrons. The summed E-state index contributed by atoms with van der Waals surface area (Å²) in [7, 11) is 0. The highest BCUT2D eigenvalue weighted by molar-refractivity contribution is 5.76. The van der Waals surface area contributed by atoms with Crippen molar-refractivity contribution in [3.8, 4) is 0 Å². The zero-order chi connectivity index (χ0) is 10.6. The number of rotatable bonds is 4. The highest BCUT2D eigenvalue weighted by atomic mass is 16.5. The number of amides is 1. The molecule has 0 aromatic carbocycles. The summed E-state index contributed by atoms with van der Waals surface area (Å²) in [5.74, 6) is 1.22. The van der Waals surface area contributed by atoms with Crippen molar-refractivity contribution in [1.82, 2.24) is 10.5 Å². The first-order valence-electron chi connectivity index (χ1n) is 4.76. The Morgan fingerprint density at radius 2 is 2.36 bits per heavy atom. The van der Waals surface area contributed by atoms with E-state index in [1.165, 1.54) is 0 Å². The van der Waals surface area contributed by atoms with Gasteiger partial charge in [0.05, 0.1) is 6.20 Å². The maximum atomic E-state index is 11.3. The second kappa shape index (κ2) is 4.79. The van der Waals surface area contributed by atoms with E-state index in [1.807, 2.05) is 20.8 Å². The van der Waals surface area contributed by atoms with E-state index in [4.69, 9.17) is 4.52 Å². The normalized spacial score (nSPS) is 10.6. The first-order chi connectivity index (χ1) is 6.59. The number of aryl methyl sites for hydroxylation is 1. The minimum Gasteiger partial charge on any atom is -0.361 e. The maximum Gasteiger partial charge on any atom is 0.220 e. The van der Waals surface area contributed by atoms with Gasteiger partial charge in [-0.05, 0) is 12.8 Å². The van der Waals surface area contributed by atoms with Crippen molar-refractivity contribution >= 4 is 5.91 Å². The van der Waals surface area contributed by atoms with E-state index in [0.29, 0.717) is 18.9 Å². The quantitative estimate of drug-likeness (QED) is 0.796. The summed E-state index contributed by atoms with van der Waals surface area (Å²) in [6.07, 6.45) is 2.19. The van der Waals surface area contributed by atoms with Crippen LogP contribution in [0.5, 0.6) is 0 Å². The highest BCUT2D eigenvalue weighted by Crippen LogP contribution is 2.05. The molecule has 4 nitrogen and oxygen atoms in total. The van der Waals surface area contributed by atoms with Gasteiger partial charge in [0, 0.05) is 18.5 Å². The van der Waals surface area contributed by atoms with Gasteiger partial charge in [0.2, 0.25) is 5.91 Å². The molecule has 1 heterocycles. The standard InChI is InChI=1S/C10H16N2O2/c1-7(2)4-10(13)11-5-9-6-12-14-8(9)3/h6-7H,4-5H2,1-3H3,(H,11,13). The van der Waals surface area contributed by atoms with Gasteiger partial charge in [-0.1, -0.05) is 19.0 Å². The molecule has 0 saturated carbocycles. The lowest BCUT2D eigenvalue weighted by molar-refractivity contribution is -0.121. The predicted molar refractivity (Wildman–Crippen MR) is 52.5 cm³/mol. The molecule has 0 aliphatic carbocycles. The Labute approximate surface area is 83.7 Å². The van der Waals surface area contributed by atoms with Crippen molar-refractivity contribution in [2.45, 2.75) is 33.7 Å². The van der Waals surface area contributed by atoms with Gasteiger partial charge in [0.15, 0.2) is 0 Å². The van der Waals surface area contributed by atoms with Crippen LogP contribution in [0.4, 0.5) is 0 Å². The number of carbonyl (C=O) groups is 1. The number of hydrogen-bond acceptors (Lipinski definition) is 3. The average molecular weight is 196 g/mol. The molecule has 0 saturated heterocycles. The van der Waals surface area contributed by atoms with Crippen LogP contribution in [-0.4, -0.2) is 11.1 Å². The fourth-order valence-electron chi connectivity index (χ4n) is 1.13. The molecule has 14 heavy (non-hydrogen) atoms. The smallest absolute Gasteiger partial charge is 0.220 e. The zero-order valence-electron chi connectivity index (χ0n) is 8.83. The topological polar surface area (TPSA) is 55.1 Å². The highest BCUT2D eigenvalue weighted by Gasteiger charge is 2.07. The summed E-state index contributed by atoms with van der Waals surface area (Å²) >= 11 is 0. The molecule has 1 rings (SSSR count). The van der Waals surface area contributed by atoms with Crippen molar-refractivity contribution in [3.05, 3.63) is 17.5 Å². The van der Waals surface area contributed by atoms with Crippen LogP contribution in [0.15, 0.2) is 10.7 Å². The molecule has 0 bridgehead atoms. The van der Waals surface area contributed by atoms with Crippen molar-refractivity contribution < 1.29 is 9.32 Å². The van der Waals surface area contributed by atoms with E-state index in [2.05, 4.69) is 10.5 Å². The number of nitrogens with zero attached hydrogens (tertiary/aromatic N) is 1. The summed E-state index contributed by atoms with van der Waals surface area (Å²) in [6, 6.07) is 0. The van der Waals surface area contributed by atoms with Crippen LogP contribution in [0.25, 0.3) is 0 Å². The van der Waals surface area contributed by atoms with Gasteiger partial charge in [-0.3, -0.25) is 4.79 Å². The Bertz CT molecular complexity index is 305. The molecular formula is C10H16N2O2. The summed E-state index contributed by atoms with van der Waals surface area (Å²) in [4.78, 5) is 11.3. The van der Waals surface area contributed by atoms with E-state index in [-0.39, 0.29) is 5.91 Å². The lowest BCUT2D eigenvalue weighted by Gasteiger charge is -2.05. The van der Waals surface area contributed by atoms with Crippen LogP contribution in [-0.2, 0) is 11.3 Å². The first-order valence-corrected chi connectivity index (χ1v) is 4.76. The second-order valence-corrected chi connectivity index (χ2v) is 3.78. The largest absolute Gasteiger partial charge is 0.361 e. The van der Waals surface area contributed by atoms with Gasteiger partial charge in [0.1, 0.15) is 5.76 Å². The Kier molecular flexibility index (Phi) is 3.68. The zero-order valence-corrected chi connectivity index (χ0v) is 8.83. The van der Waals surface area contributed by atoms with E-state index in [1.54, 1.807) is 6.20 Å². The number of carbonyl (C=O) groups excluding carboxylic acids is 1. The second-order valence-electron chi connectivity index (χ2n) is 3.78. The molecule has 0 fully saturated rings. The van der Waals surface area contributed by atoms with Gasteiger partial charge in [-0.2, -0.15) is 0 Å². The fraction of sp³-hybridized carbons (Fsp3) is 0.600. The molecule has 1 aromatic heterocycles. The first kappa shape index (κ1) is 10.8. The van der Waals surface area contributed by atoms with Gasteiger partial charge in [0.25, 0.3) is 0 Å². The van der Waals surface area contributed by atoms with Crippen LogP contribution in [0.1, 0.15) is 31.6 Å². The Balaban J connectivity index is 2.34. The Morgan fingerprint density at radius 1 is 1.64 bits per heavy atom. The lowest BCUT2D eigenvalue weighted by Crippen LogP contribution is -2.23. The summed E-state index contributed by atoms with van der Waals surface area (Å²) in [5, 5.41) is 6.45. The average Bonchev–Trinajstić information content (AvgIpc) is 2.46. The molecule has 1 aromatic rings. The van der Waals surface area contributed by atoms with Crippen LogP contribution in [0.2, 0.25) is 0 Å². The monoisotopic (exact) mass is 196 g/mol. The molecule has 0 atom stereocenters. The molecule has 0 unspecified atom stereocenters. The molecule has 0 radical (unpaired) electrons. The van der Waals surface area contributed by atoms with Gasteiger partial charge < -0.3 is 9.84 Å². The molecule has 0 aliphatic rings. The molecule has 4 heteroatoms. The van der Waals surface area contributed by atoms with E-state index < -0.39 is 0 Å². The third-order valence-corrected chi connectivity index (χ3v) is 1.92. The minimum absolute atomic E-state index is 0.0700. The molecule has 0 spiro atoms. The summed E-state index contributed by atoms with van der Waals surface area (Å²) in [5.41, 5.74) is 0.933. The molecule has 0 aliphatic heterocycles. The minimum atomic E-state index is 0.0700. The van der Waals surface area contributed by atoms with Crippen LogP contribution >= 0.6 is 0 Å². The number of nitrogens with one attached hydrogen (secondary N) is 1. The van der Waals surface area contributed by atoms with Crippen molar-refractivity contribution in [2.24, 2.45) is 5.92 Å². The van der Waals surface area contributed by atoms with Crippen LogP contribution in [0.3, 0.4) is 0 Å². The lowest BCUT2D eigenvalue weighted by atomic mass is 10.1.